The van der Waals surface area contributed by atoms with E-state index in [9.17, 15) is 0 Å². The predicted molar refractivity (Wildman–Crippen MR) is 57.4 cm³/mol. The molecule has 0 aliphatic heterocycles. The average Bonchev–Trinajstić information content (AvgIpc) is 2.31. The van der Waals surface area contributed by atoms with Crippen LogP contribution >= 0.6 is 11.3 Å². The van der Waals surface area contributed by atoms with Crippen LogP contribution in [0.1, 0.15) is 5.56 Å². The van der Waals surface area contributed by atoms with E-state index in [1.165, 1.54) is 10.8 Å². The molecular weight excluding hydrogens is 168 g/mol. The Bertz CT molecular complexity index is 255. The van der Waals surface area contributed by atoms with Crippen LogP contribution in [0.15, 0.2) is 17.3 Å². The number of rotatable bonds is 2. The Labute approximate surface area is 73.6 Å². The van der Waals surface area contributed by atoms with Gasteiger partial charge in [-0.1, -0.05) is 32.3 Å². The molecule has 0 saturated carbocycles. The lowest BCUT2D eigenvalue weighted by molar-refractivity contribution is 1.74. The van der Waals surface area contributed by atoms with Gasteiger partial charge in [0.05, 0.1) is 8.07 Å². The fourth-order valence-corrected chi connectivity index (χ4v) is 4.55. The smallest absolute Gasteiger partial charge is 0.0794 e. The second-order valence-electron chi connectivity index (χ2n) is 3.69. The van der Waals surface area contributed by atoms with E-state index in [0.29, 0.717) is 0 Å². The van der Waals surface area contributed by atoms with Crippen LogP contribution in [-0.2, 0) is 0 Å². The molecular formula is C9H14SSi. The molecule has 0 unspecified atom stereocenters. The standard InChI is InChI=1S/C9H14SSi/c1-5-8-6-10-7-9(8)11(2,3)4/h5-7H,1H2,2-4H3. The lowest BCUT2D eigenvalue weighted by Gasteiger charge is -2.15. The average molecular weight is 182 g/mol. The lowest BCUT2D eigenvalue weighted by atomic mass is 10.3. The number of hydrogen-bond acceptors (Lipinski definition) is 1. The molecule has 0 atom stereocenters. The molecule has 11 heavy (non-hydrogen) atoms. The van der Waals surface area contributed by atoms with Gasteiger partial charge in [0.25, 0.3) is 0 Å². The largest absolute Gasteiger partial charge is 0.152 e. The summed E-state index contributed by atoms with van der Waals surface area (Å²) in [6, 6.07) is 0. The Kier molecular flexibility index (Phi) is 2.35. The summed E-state index contributed by atoms with van der Waals surface area (Å²) in [5.41, 5.74) is 1.34. The molecule has 0 aliphatic carbocycles. The molecule has 1 aromatic heterocycles. The monoisotopic (exact) mass is 182 g/mol. The molecule has 0 N–H and O–H groups in total. The van der Waals surface area contributed by atoms with Gasteiger partial charge in [0.1, 0.15) is 0 Å². The van der Waals surface area contributed by atoms with Crippen molar-refractivity contribution in [3.05, 3.63) is 22.9 Å². The van der Waals surface area contributed by atoms with Gasteiger partial charge in [0.15, 0.2) is 0 Å². The maximum absolute atomic E-state index is 3.81. The van der Waals surface area contributed by atoms with Crippen molar-refractivity contribution in [1.29, 1.82) is 0 Å². The van der Waals surface area contributed by atoms with E-state index < -0.39 is 8.07 Å². The van der Waals surface area contributed by atoms with Gasteiger partial charge in [0.2, 0.25) is 0 Å². The third kappa shape index (κ3) is 1.82. The van der Waals surface area contributed by atoms with Crippen LogP contribution in [0, 0.1) is 0 Å². The maximum Gasteiger partial charge on any atom is 0.0794 e. The first kappa shape index (κ1) is 8.75. The van der Waals surface area contributed by atoms with E-state index in [-0.39, 0.29) is 0 Å². The highest BCUT2D eigenvalue weighted by Gasteiger charge is 2.19. The predicted octanol–water partition coefficient (Wildman–Crippen LogP) is 2.94. The van der Waals surface area contributed by atoms with E-state index in [4.69, 9.17) is 0 Å². The fraction of sp³-hybridized carbons (Fsp3) is 0.333. The van der Waals surface area contributed by atoms with Crippen LogP contribution in [0.5, 0.6) is 0 Å². The van der Waals surface area contributed by atoms with Gasteiger partial charge in [-0.05, 0) is 21.5 Å². The summed E-state index contributed by atoms with van der Waals surface area (Å²) in [7, 11) is -1.11. The van der Waals surface area contributed by atoms with Crippen molar-refractivity contribution in [3.8, 4) is 0 Å². The third-order valence-electron chi connectivity index (χ3n) is 1.72. The summed E-state index contributed by atoms with van der Waals surface area (Å²) in [5, 5.41) is 5.99. The van der Waals surface area contributed by atoms with E-state index in [1.807, 2.05) is 6.08 Å². The van der Waals surface area contributed by atoms with Crippen molar-refractivity contribution in [1.82, 2.24) is 0 Å². The third-order valence-corrected chi connectivity index (χ3v) is 4.74. The summed E-state index contributed by atoms with van der Waals surface area (Å²) in [5.74, 6) is 0. The molecule has 0 radical (unpaired) electrons. The number of hydrogen-bond donors (Lipinski definition) is 0. The first-order valence-corrected chi connectivity index (χ1v) is 8.19. The van der Waals surface area contributed by atoms with Crippen LogP contribution < -0.4 is 5.19 Å². The van der Waals surface area contributed by atoms with Gasteiger partial charge in [-0.15, -0.1) is 0 Å². The Hall–Kier alpha value is -0.343. The minimum Gasteiger partial charge on any atom is -0.152 e. The molecule has 0 spiro atoms. The molecule has 1 rings (SSSR count). The van der Waals surface area contributed by atoms with E-state index in [0.717, 1.165) is 0 Å². The fourth-order valence-electron chi connectivity index (χ4n) is 1.07. The van der Waals surface area contributed by atoms with Crippen LogP contribution in [-0.4, -0.2) is 8.07 Å². The molecule has 0 saturated heterocycles. The van der Waals surface area contributed by atoms with Gasteiger partial charge < -0.3 is 0 Å². The Morgan fingerprint density at radius 2 is 2.00 bits per heavy atom. The minimum absolute atomic E-state index is 1.11. The molecule has 0 amide bonds. The SMILES string of the molecule is C=Cc1cscc1[Si](C)(C)C. The minimum atomic E-state index is -1.11. The normalized spacial score (nSPS) is 11.5. The molecule has 60 valence electrons. The summed E-state index contributed by atoms with van der Waals surface area (Å²) in [6.45, 7) is 10.9. The highest BCUT2D eigenvalue weighted by molar-refractivity contribution is 7.10. The first-order chi connectivity index (χ1) is 5.05. The molecule has 1 aromatic rings. The summed E-state index contributed by atoms with van der Waals surface area (Å²) in [6.07, 6.45) is 1.96. The Morgan fingerprint density at radius 3 is 2.36 bits per heavy atom. The number of thiophene rings is 1. The first-order valence-electron chi connectivity index (χ1n) is 3.75. The van der Waals surface area contributed by atoms with E-state index in [1.54, 1.807) is 11.3 Å². The molecule has 1 heterocycles. The zero-order valence-corrected chi connectivity index (χ0v) is 9.16. The molecule has 0 aromatic carbocycles. The highest BCUT2D eigenvalue weighted by Crippen LogP contribution is 2.12. The van der Waals surface area contributed by atoms with Crippen molar-refractivity contribution in [2.75, 3.05) is 0 Å². The summed E-state index contributed by atoms with van der Waals surface area (Å²) in [4.78, 5) is 0. The van der Waals surface area contributed by atoms with Crippen LogP contribution in [0.2, 0.25) is 19.6 Å². The quantitative estimate of drug-likeness (QED) is 0.617. The zero-order chi connectivity index (χ0) is 8.48. The van der Waals surface area contributed by atoms with Gasteiger partial charge >= 0.3 is 0 Å². The van der Waals surface area contributed by atoms with E-state index >= 15 is 0 Å². The van der Waals surface area contributed by atoms with Crippen molar-refractivity contribution in [3.63, 3.8) is 0 Å². The van der Waals surface area contributed by atoms with Crippen LogP contribution in [0.4, 0.5) is 0 Å². The summed E-state index contributed by atoms with van der Waals surface area (Å²) >= 11 is 1.78. The zero-order valence-electron chi connectivity index (χ0n) is 7.35. The van der Waals surface area contributed by atoms with Crippen molar-refractivity contribution in [2.45, 2.75) is 19.6 Å². The second kappa shape index (κ2) is 2.95. The maximum atomic E-state index is 3.81. The van der Waals surface area contributed by atoms with Crippen LogP contribution in [0.25, 0.3) is 6.08 Å². The lowest BCUT2D eigenvalue weighted by Crippen LogP contribution is -2.37. The van der Waals surface area contributed by atoms with Gasteiger partial charge in [0, 0.05) is 0 Å². The summed E-state index contributed by atoms with van der Waals surface area (Å²) < 4.78 is 0. The highest BCUT2D eigenvalue weighted by atomic mass is 32.1. The van der Waals surface area contributed by atoms with Crippen molar-refractivity contribution in [2.24, 2.45) is 0 Å². The molecule has 0 fully saturated rings. The molecule has 0 bridgehead atoms. The van der Waals surface area contributed by atoms with Gasteiger partial charge in [-0.2, -0.15) is 11.3 Å². The van der Waals surface area contributed by atoms with Crippen LogP contribution in [0.3, 0.4) is 0 Å². The van der Waals surface area contributed by atoms with Gasteiger partial charge in [-0.3, -0.25) is 0 Å². The molecule has 0 nitrogen and oxygen atoms in total. The van der Waals surface area contributed by atoms with Crippen molar-refractivity contribution >= 4 is 30.7 Å². The van der Waals surface area contributed by atoms with Gasteiger partial charge in [-0.25, -0.2) is 0 Å². The topological polar surface area (TPSA) is 0 Å². The molecule has 0 aliphatic rings. The molecule has 2 heteroatoms. The Balaban J connectivity index is 3.12. The van der Waals surface area contributed by atoms with E-state index in [2.05, 4.69) is 37.0 Å². The second-order valence-corrected chi connectivity index (χ2v) is 9.48. The Morgan fingerprint density at radius 1 is 1.36 bits per heavy atom. The van der Waals surface area contributed by atoms with Crippen molar-refractivity contribution < 1.29 is 0 Å².